The van der Waals surface area contributed by atoms with Crippen molar-refractivity contribution in [3.8, 4) is 17.2 Å². The summed E-state index contributed by atoms with van der Waals surface area (Å²) < 4.78 is 17.4. The lowest BCUT2D eigenvalue weighted by atomic mass is 9.89. The fraction of sp³-hybridized carbons (Fsp3) is 0.345. The van der Waals surface area contributed by atoms with Crippen LogP contribution in [0.25, 0.3) is 0 Å². The molecule has 5 nitrogen and oxygen atoms in total. The first-order chi connectivity index (χ1) is 16.7. The van der Waals surface area contributed by atoms with E-state index in [1.807, 2.05) is 48.5 Å². The van der Waals surface area contributed by atoms with Crippen molar-refractivity contribution in [2.24, 2.45) is 0 Å². The summed E-state index contributed by atoms with van der Waals surface area (Å²) in [5, 5.41) is 3.11. The molecule has 0 aromatic heterocycles. The topological polar surface area (TPSA) is 56.8 Å². The van der Waals surface area contributed by atoms with Crippen LogP contribution < -0.4 is 19.5 Å². The summed E-state index contributed by atoms with van der Waals surface area (Å²) in [5.74, 6) is 2.54. The smallest absolute Gasteiger partial charge is 0.220 e. The molecule has 1 saturated carbocycles. The van der Waals surface area contributed by atoms with Crippen LogP contribution >= 0.6 is 0 Å². The molecule has 1 amide bonds. The van der Waals surface area contributed by atoms with Gasteiger partial charge in [0.2, 0.25) is 5.91 Å². The van der Waals surface area contributed by atoms with Gasteiger partial charge < -0.3 is 19.5 Å². The lowest BCUT2D eigenvalue weighted by Crippen LogP contribution is -2.29. The molecule has 0 radical (unpaired) electrons. The van der Waals surface area contributed by atoms with E-state index in [1.165, 1.54) is 11.1 Å². The minimum Gasteiger partial charge on any atom is -0.493 e. The van der Waals surface area contributed by atoms with Crippen LogP contribution in [0.2, 0.25) is 0 Å². The van der Waals surface area contributed by atoms with Crippen LogP contribution in [0.3, 0.4) is 0 Å². The van der Waals surface area contributed by atoms with Crippen molar-refractivity contribution in [2.45, 2.75) is 44.1 Å². The maximum Gasteiger partial charge on any atom is 0.220 e. The highest BCUT2D eigenvalue weighted by Crippen LogP contribution is 2.55. The Labute approximate surface area is 201 Å². The maximum atomic E-state index is 12.8. The molecule has 3 aromatic carbocycles. The molecule has 1 aliphatic carbocycles. The lowest BCUT2D eigenvalue weighted by Gasteiger charge is -2.18. The molecule has 0 atom stereocenters. The number of fused-ring (bicyclic) bond motifs is 1. The Morgan fingerprint density at radius 3 is 2.65 bits per heavy atom. The fourth-order valence-corrected chi connectivity index (χ4v) is 4.76. The second-order valence-corrected chi connectivity index (χ2v) is 9.21. The van der Waals surface area contributed by atoms with E-state index in [0.717, 1.165) is 49.2 Å². The van der Waals surface area contributed by atoms with Crippen LogP contribution in [0.4, 0.5) is 0 Å². The Morgan fingerprint density at radius 1 is 1.00 bits per heavy atom. The Kier molecular flexibility index (Phi) is 6.43. The van der Waals surface area contributed by atoms with E-state index < -0.39 is 0 Å². The number of amides is 1. The number of nitrogens with one attached hydrogen (secondary N) is 1. The molecule has 0 bridgehead atoms. The Morgan fingerprint density at radius 2 is 1.85 bits per heavy atom. The van der Waals surface area contributed by atoms with Crippen molar-refractivity contribution >= 4 is 5.91 Å². The summed E-state index contributed by atoms with van der Waals surface area (Å²) >= 11 is 0. The number of carbonyl (C=O) groups excluding carboxylic acids is 1. The van der Waals surface area contributed by atoms with Crippen molar-refractivity contribution < 1.29 is 19.0 Å². The summed E-state index contributed by atoms with van der Waals surface area (Å²) in [6.45, 7) is 1.82. The molecule has 0 saturated heterocycles. The summed E-state index contributed by atoms with van der Waals surface area (Å²) in [5.41, 5.74) is 4.64. The van der Waals surface area contributed by atoms with Crippen LogP contribution in [0, 0.1) is 0 Å². The molecular weight excluding hydrogens is 426 g/mol. The molecular formula is C29H31NO4. The minimum absolute atomic E-state index is 0.0548. The Hall–Kier alpha value is -3.47. The number of benzene rings is 3. The summed E-state index contributed by atoms with van der Waals surface area (Å²) in [7, 11) is 1.65. The average Bonchev–Trinajstić information content (AvgIpc) is 3.47. The van der Waals surface area contributed by atoms with Crippen molar-refractivity contribution in [3.05, 3.63) is 89.0 Å². The van der Waals surface area contributed by atoms with E-state index in [-0.39, 0.29) is 11.3 Å². The third-order valence-corrected chi connectivity index (χ3v) is 6.84. The number of para-hydroxylation sites is 1. The number of hydrogen-bond acceptors (Lipinski definition) is 4. The monoisotopic (exact) mass is 457 g/mol. The number of carbonyl (C=O) groups is 1. The van der Waals surface area contributed by atoms with Gasteiger partial charge in [-0.25, -0.2) is 0 Å². The van der Waals surface area contributed by atoms with E-state index in [0.29, 0.717) is 31.1 Å². The molecule has 1 aliphatic heterocycles. The first-order valence-corrected chi connectivity index (χ1v) is 12.0. The minimum atomic E-state index is -0.0548. The Bertz CT molecular complexity index is 1150. The number of methoxy groups -OCH3 is 1. The normalized spacial score (nSPS) is 15.2. The standard InChI is InChI=1S/C29H31NO4/c1-32-26-18-21(10-11-25(26)34-20-22-6-3-2-4-7-22)12-16-30-27(31)19-29(14-15-29)24-9-5-8-23-13-17-33-28(23)24/h2-11,18H,12-17,19-20H2,1H3,(H,30,31). The molecule has 1 N–H and O–H groups in total. The van der Waals surface area contributed by atoms with E-state index in [2.05, 4.69) is 23.5 Å². The second kappa shape index (κ2) is 9.80. The van der Waals surface area contributed by atoms with Crippen molar-refractivity contribution in [1.29, 1.82) is 0 Å². The highest BCUT2D eigenvalue weighted by molar-refractivity contribution is 5.78. The van der Waals surface area contributed by atoms with Crippen LogP contribution in [0.1, 0.15) is 41.5 Å². The predicted octanol–water partition coefficient (Wildman–Crippen LogP) is 4.99. The van der Waals surface area contributed by atoms with Gasteiger partial charge in [0.05, 0.1) is 13.7 Å². The van der Waals surface area contributed by atoms with Gasteiger partial charge in [0, 0.05) is 30.4 Å². The van der Waals surface area contributed by atoms with Crippen LogP contribution in [-0.4, -0.2) is 26.2 Å². The first-order valence-electron chi connectivity index (χ1n) is 12.0. The quantitative estimate of drug-likeness (QED) is 0.466. The third-order valence-electron chi connectivity index (χ3n) is 6.84. The van der Waals surface area contributed by atoms with Gasteiger partial charge in [-0.15, -0.1) is 0 Å². The maximum absolute atomic E-state index is 12.8. The second-order valence-electron chi connectivity index (χ2n) is 9.21. The lowest BCUT2D eigenvalue weighted by molar-refractivity contribution is -0.121. The van der Waals surface area contributed by atoms with Gasteiger partial charge in [-0.3, -0.25) is 4.79 Å². The molecule has 0 unspecified atom stereocenters. The number of rotatable bonds is 10. The molecule has 1 heterocycles. The molecule has 176 valence electrons. The first kappa shape index (κ1) is 22.3. The molecule has 2 aliphatic rings. The van der Waals surface area contributed by atoms with Gasteiger partial charge in [0.25, 0.3) is 0 Å². The number of hydrogen-bond donors (Lipinski definition) is 1. The third kappa shape index (κ3) is 4.89. The van der Waals surface area contributed by atoms with Crippen LogP contribution in [0.15, 0.2) is 66.7 Å². The van der Waals surface area contributed by atoms with Crippen molar-refractivity contribution in [2.75, 3.05) is 20.3 Å². The largest absolute Gasteiger partial charge is 0.493 e. The molecule has 0 spiro atoms. The van der Waals surface area contributed by atoms with Gasteiger partial charge >= 0.3 is 0 Å². The van der Waals surface area contributed by atoms with Crippen molar-refractivity contribution in [3.63, 3.8) is 0 Å². The van der Waals surface area contributed by atoms with Gasteiger partial charge in [0.1, 0.15) is 12.4 Å². The zero-order chi connectivity index (χ0) is 23.4. The van der Waals surface area contributed by atoms with Crippen LogP contribution in [0.5, 0.6) is 17.2 Å². The van der Waals surface area contributed by atoms with Gasteiger partial charge in [-0.2, -0.15) is 0 Å². The molecule has 34 heavy (non-hydrogen) atoms. The van der Waals surface area contributed by atoms with E-state index >= 15 is 0 Å². The van der Waals surface area contributed by atoms with Crippen LogP contribution in [-0.2, 0) is 29.7 Å². The molecule has 5 heteroatoms. The zero-order valence-electron chi connectivity index (χ0n) is 19.6. The average molecular weight is 458 g/mol. The highest BCUT2D eigenvalue weighted by atomic mass is 16.5. The summed E-state index contributed by atoms with van der Waals surface area (Å²) in [6.07, 6.45) is 4.30. The summed E-state index contributed by atoms with van der Waals surface area (Å²) in [6, 6.07) is 22.4. The predicted molar refractivity (Wildman–Crippen MR) is 132 cm³/mol. The van der Waals surface area contributed by atoms with E-state index in [4.69, 9.17) is 14.2 Å². The number of ether oxygens (including phenoxy) is 3. The zero-order valence-corrected chi connectivity index (χ0v) is 19.6. The molecule has 5 rings (SSSR count). The fourth-order valence-electron chi connectivity index (χ4n) is 4.76. The van der Waals surface area contributed by atoms with Gasteiger partial charge in [-0.1, -0.05) is 54.6 Å². The highest BCUT2D eigenvalue weighted by Gasteiger charge is 2.48. The Balaban J connectivity index is 1.14. The molecule has 1 fully saturated rings. The van der Waals surface area contributed by atoms with Gasteiger partial charge in [0.15, 0.2) is 11.5 Å². The molecule has 3 aromatic rings. The summed E-state index contributed by atoms with van der Waals surface area (Å²) in [4.78, 5) is 12.8. The van der Waals surface area contributed by atoms with E-state index in [1.54, 1.807) is 7.11 Å². The van der Waals surface area contributed by atoms with E-state index in [9.17, 15) is 4.79 Å². The SMILES string of the molecule is COc1cc(CCNC(=O)CC2(c3cccc4c3OCC4)CC2)ccc1OCc1ccccc1. The van der Waals surface area contributed by atoms with Gasteiger partial charge in [-0.05, 0) is 48.1 Å². The van der Waals surface area contributed by atoms with Crippen molar-refractivity contribution in [1.82, 2.24) is 5.32 Å².